The fourth-order valence-electron chi connectivity index (χ4n) is 2.33. The molecule has 0 aliphatic carbocycles. The Morgan fingerprint density at radius 1 is 1.27 bits per heavy atom. The van der Waals surface area contributed by atoms with Crippen LogP contribution in [0.3, 0.4) is 0 Å². The van der Waals surface area contributed by atoms with Crippen molar-refractivity contribution in [2.75, 3.05) is 6.54 Å². The number of benzene rings is 1. The van der Waals surface area contributed by atoms with Crippen molar-refractivity contribution in [2.24, 2.45) is 0 Å². The summed E-state index contributed by atoms with van der Waals surface area (Å²) in [7, 11) is 0. The summed E-state index contributed by atoms with van der Waals surface area (Å²) in [6, 6.07) is 10.9. The Labute approximate surface area is 153 Å². The molecule has 3 amide bonds. The number of fused-ring (bicyclic) bond motifs is 1. The van der Waals surface area contributed by atoms with Gasteiger partial charge in [-0.05, 0) is 11.6 Å². The first-order valence-electron chi connectivity index (χ1n) is 7.81. The monoisotopic (exact) mass is 368 g/mol. The van der Waals surface area contributed by atoms with Crippen molar-refractivity contribution in [3.05, 3.63) is 65.7 Å². The molecule has 0 fully saturated rings. The topological polar surface area (TPSA) is 93.1 Å². The summed E-state index contributed by atoms with van der Waals surface area (Å²) in [6.07, 6.45) is 2.81. The molecule has 7 nitrogen and oxygen atoms in total. The minimum atomic E-state index is -0.639. The van der Waals surface area contributed by atoms with Crippen molar-refractivity contribution < 1.29 is 9.59 Å². The zero-order chi connectivity index (χ0) is 18.5. The molecule has 1 aromatic carbocycles. The number of rotatable bonds is 5. The minimum absolute atomic E-state index is 0.240. The molecule has 8 heteroatoms. The molecule has 132 valence electrons. The van der Waals surface area contributed by atoms with E-state index in [1.807, 2.05) is 36.4 Å². The van der Waals surface area contributed by atoms with Crippen LogP contribution in [0.5, 0.6) is 0 Å². The lowest BCUT2D eigenvalue weighted by Crippen LogP contribution is -2.42. The number of hydrogen-bond donors (Lipinski definition) is 2. The second-order valence-corrected chi connectivity index (χ2v) is 6.47. The molecule has 0 atom stereocenters. The first kappa shape index (κ1) is 17.6. The largest absolute Gasteiger partial charge is 0.334 e. The van der Waals surface area contributed by atoms with Gasteiger partial charge in [-0.1, -0.05) is 36.4 Å². The highest BCUT2D eigenvalue weighted by molar-refractivity contribution is 7.22. The standard InChI is InChI=1S/C18H16N4O3S/c1-2-8-19-18(25)21-15(23)10-22-11-20-13-9-14(26-16(13)17(22)24)12-6-4-3-5-7-12/h2-7,9,11H,1,8,10H2,(H2,19,21,23,25). The van der Waals surface area contributed by atoms with Crippen molar-refractivity contribution in [1.82, 2.24) is 20.2 Å². The third kappa shape index (κ3) is 3.86. The van der Waals surface area contributed by atoms with Gasteiger partial charge in [-0.2, -0.15) is 0 Å². The van der Waals surface area contributed by atoms with Crippen LogP contribution in [0.4, 0.5) is 4.79 Å². The normalized spacial score (nSPS) is 10.5. The van der Waals surface area contributed by atoms with Gasteiger partial charge in [-0.15, -0.1) is 17.9 Å². The maximum Gasteiger partial charge on any atom is 0.321 e. The molecule has 0 aliphatic heterocycles. The molecule has 2 aromatic heterocycles. The highest BCUT2D eigenvalue weighted by Gasteiger charge is 2.13. The van der Waals surface area contributed by atoms with E-state index in [9.17, 15) is 14.4 Å². The Kier molecular flexibility index (Phi) is 5.23. The molecule has 2 heterocycles. The molecule has 3 rings (SSSR count). The summed E-state index contributed by atoms with van der Waals surface area (Å²) < 4.78 is 1.65. The number of carbonyl (C=O) groups is 2. The van der Waals surface area contributed by atoms with Crippen LogP contribution >= 0.6 is 11.3 Å². The second-order valence-electron chi connectivity index (χ2n) is 5.42. The number of aromatic nitrogens is 2. The van der Waals surface area contributed by atoms with Gasteiger partial charge in [-0.25, -0.2) is 9.78 Å². The highest BCUT2D eigenvalue weighted by atomic mass is 32.1. The molecular formula is C18H16N4O3S. The van der Waals surface area contributed by atoms with Crippen LogP contribution in [-0.4, -0.2) is 28.0 Å². The van der Waals surface area contributed by atoms with E-state index in [0.29, 0.717) is 10.2 Å². The first-order valence-corrected chi connectivity index (χ1v) is 8.63. The van der Waals surface area contributed by atoms with E-state index in [4.69, 9.17) is 0 Å². The second kappa shape index (κ2) is 7.75. The predicted octanol–water partition coefficient (Wildman–Crippen LogP) is 2.14. The molecule has 0 saturated carbocycles. The minimum Gasteiger partial charge on any atom is -0.334 e. The highest BCUT2D eigenvalue weighted by Crippen LogP contribution is 2.30. The number of carbonyl (C=O) groups excluding carboxylic acids is 2. The number of hydrogen-bond acceptors (Lipinski definition) is 5. The van der Waals surface area contributed by atoms with Crippen LogP contribution in [-0.2, 0) is 11.3 Å². The average molecular weight is 368 g/mol. The van der Waals surface area contributed by atoms with Crippen molar-refractivity contribution in [1.29, 1.82) is 0 Å². The maximum atomic E-state index is 12.6. The van der Waals surface area contributed by atoms with E-state index in [2.05, 4.69) is 22.2 Å². The Bertz CT molecular complexity index is 1020. The van der Waals surface area contributed by atoms with Gasteiger partial charge in [0.15, 0.2) is 0 Å². The van der Waals surface area contributed by atoms with Crippen LogP contribution in [0, 0.1) is 0 Å². The van der Waals surface area contributed by atoms with Crippen LogP contribution in [0.15, 0.2) is 60.2 Å². The summed E-state index contributed by atoms with van der Waals surface area (Å²) in [6.45, 7) is 3.41. The number of nitrogens with zero attached hydrogens (tertiary/aromatic N) is 2. The Morgan fingerprint density at radius 3 is 2.77 bits per heavy atom. The van der Waals surface area contributed by atoms with Crippen molar-refractivity contribution >= 4 is 33.5 Å². The van der Waals surface area contributed by atoms with E-state index >= 15 is 0 Å². The summed E-state index contributed by atoms with van der Waals surface area (Å²) in [5.74, 6) is -0.602. The van der Waals surface area contributed by atoms with Gasteiger partial charge in [0.2, 0.25) is 5.91 Å². The van der Waals surface area contributed by atoms with Crippen molar-refractivity contribution in [3.8, 4) is 10.4 Å². The zero-order valence-electron chi connectivity index (χ0n) is 13.8. The summed E-state index contributed by atoms with van der Waals surface area (Å²) >= 11 is 1.33. The summed E-state index contributed by atoms with van der Waals surface area (Å²) in [4.78, 5) is 41.2. The van der Waals surface area contributed by atoms with E-state index in [-0.39, 0.29) is 18.6 Å². The molecule has 0 radical (unpaired) electrons. The molecule has 0 aliphatic rings. The molecular weight excluding hydrogens is 352 g/mol. The lowest BCUT2D eigenvalue weighted by molar-refractivity contribution is -0.120. The lowest BCUT2D eigenvalue weighted by Gasteiger charge is -2.06. The molecule has 26 heavy (non-hydrogen) atoms. The van der Waals surface area contributed by atoms with Crippen LogP contribution < -0.4 is 16.2 Å². The van der Waals surface area contributed by atoms with Gasteiger partial charge in [0.1, 0.15) is 11.2 Å². The Morgan fingerprint density at radius 2 is 2.04 bits per heavy atom. The van der Waals surface area contributed by atoms with Crippen molar-refractivity contribution in [3.63, 3.8) is 0 Å². The molecule has 0 unspecified atom stereocenters. The molecule has 0 saturated heterocycles. The van der Waals surface area contributed by atoms with E-state index < -0.39 is 11.9 Å². The van der Waals surface area contributed by atoms with Crippen LogP contribution in [0.2, 0.25) is 0 Å². The average Bonchev–Trinajstić information content (AvgIpc) is 3.08. The quantitative estimate of drug-likeness (QED) is 0.675. The number of imide groups is 1. The van der Waals surface area contributed by atoms with E-state index in [1.54, 1.807) is 0 Å². The smallest absolute Gasteiger partial charge is 0.321 e. The molecule has 0 spiro atoms. The predicted molar refractivity (Wildman–Crippen MR) is 101 cm³/mol. The summed E-state index contributed by atoms with van der Waals surface area (Å²) in [5.41, 5.74) is 1.26. The SMILES string of the molecule is C=CCNC(=O)NC(=O)Cn1cnc2cc(-c3ccccc3)sc2c1=O. The first-order chi connectivity index (χ1) is 12.6. The van der Waals surface area contributed by atoms with Gasteiger partial charge >= 0.3 is 6.03 Å². The lowest BCUT2D eigenvalue weighted by atomic mass is 10.2. The van der Waals surface area contributed by atoms with Gasteiger partial charge in [0.25, 0.3) is 5.56 Å². The molecule has 3 aromatic rings. The van der Waals surface area contributed by atoms with E-state index in [0.717, 1.165) is 10.4 Å². The number of amides is 3. The third-order valence-corrected chi connectivity index (χ3v) is 4.70. The zero-order valence-corrected chi connectivity index (χ0v) is 14.6. The fraction of sp³-hybridized carbons (Fsp3) is 0.111. The number of thiophene rings is 1. The number of nitrogens with one attached hydrogen (secondary N) is 2. The fourth-order valence-corrected chi connectivity index (χ4v) is 3.40. The third-order valence-electron chi connectivity index (χ3n) is 3.54. The van der Waals surface area contributed by atoms with Gasteiger partial charge < -0.3 is 5.32 Å². The molecule has 2 N–H and O–H groups in total. The molecule has 0 bridgehead atoms. The van der Waals surface area contributed by atoms with Gasteiger partial charge in [-0.3, -0.25) is 19.5 Å². The van der Waals surface area contributed by atoms with Crippen LogP contribution in [0.25, 0.3) is 20.7 Å². The maximum absolute atomic E-state index is 12.6. The number of urea groups is 1. The Hall–Kier alpha value is -3.26. The van der Waals surface area contributed by atoms with Gasteiger partial charge in [0, 0.05) is 11.4 Å². The van der Waals surface area contributed by atoms with Crippen molar-refractivity contribution in [2.45, 2.75) is 6.54 Å². The van der Waals surface area contributed by atoms with Crippen LogP contribution in [0.1, 0.15) is 0 Å². The summed E-state index contributed by atoms with van der Waals surface area (Å²) in [5, 5.41) is 4.57. The Balaban J connectivity index is 1.81. The van der Waals surface area contributed by atoms with E-state index in [1.165, 1.54) is 28.3 Å². The van der Waals surface area contributed by atoms with Gasteiger partial charge in [0.05, 0.1) is 11.8 Å².